The van der Waals surface area contributed by atoms with E-state index in [0.29, 0.717) is 19.2 Å². The molecule has 1 heterocycles. The summed E-state index contributed by atoms with van der Waals surface area (Å²) in [6.07, 6.45) is 3.68. The normalized spacial score (nSPS) is 10.4. The van der Waals surface area contributed by atoms with E-state index in [0.717, 1.165) is 24.1 Å². The van der Waals surface area contributed by atoms with Crippen molar-refractivity contribution in [3.05, 3.63) is 53.3 Å². The summed E-state index contributed by atoms with van der Waals surface area (Å²) < 4.78 is 5.55. The highest BCUT2D eigenvalue weighted by Gasteiger charge is 2.02. The van der Waals surface area contributed by atoms with Crippen molar-refractivity contribution in [1.82, 2.24) is 9.97 Å². The third-order valence-electron chi connectivity index (χ3n) is 2.96. The third kappa shape index (κ3) is 4.03. The number of hydrogen-bond donors (Lipinski definition) is 1. The first kappa shape index (κ1) is 13.5. The molecule has 0 fully saturated rings. The van der Waals surface area contributed by atoms with Gasteiger partial charge in [0.05, 0.1) is 6.61 Å². The molecule has 0 spiro atoms. The molecule has 0 radical (unpaired) electrons. The molecule has 2 rings (SSSR count). The minimum absolute atomic E-state index is 0.433. The van der Waals surface area contributed by atoms with Crippen LogP contribution >= 0.6 is 0 Å². The lowest BCUT2D eigenvalue weighted by atomic mass is 10.1. The molecule has 2 aromatic rings. The van der Waals surface area contributed by atoms with E-state index in [-0.39, 0.29) is 0 Å². The number of nitrogens with two attached hydrogens (primary N) is 1. The summed E-state index contributed by atoms with van der Waals surface area (Å²) in [5.41, 5.74) is 8.73. The van der Waals surface area contributed by atoms with Gasteiger partial charge in [0.15, 0.2) is 0 Å². The fourth-order valence-corrected chi connectivity index (χ4v) is 1.83. The quantitative estimate of drug-likeness (QED) is 0.806. The van der Waals surface area contributed by atoms with Gasteiger partial charge < -0.3 is 10.5 Å². The summed E-state index contributed by atoms with van der Waals surface area (Å²) >= 11 is 0. The summed E-state index contributed by atoms with van der Waals surface area (Å²) in [7, 11) is 0. The van der Waals surface area contributed by atoms with E-state index < -0.39 is 0 Å². The van der Waals surface area contributed by atoms with E-state index >= 15 is 0 Å². The Labute approximate surface area is 113 Å². The van der Waals surface area contributed by atoms with Gasteiger partial charge in [-0.05, 0) is 25.3 Å². The average Bonchev–Trinajstić information content (AvgIpc) is 2.45. The SMILES string of the molecule is Cc1nc(OCCCc2ccccc2)ncc1CN. The van der Waals surface area contributed by atoms with Crippen molar-refractivity contribution in [3.8, 4) is 6.01 Å². The molecular formula is C15H19N3O. The standard InChI is InChI=1S/C15H19N3O/c1-12-14(10-16)11-17-15(18-12)19-9-5-8-13-6-3-2-4-7-13/h2-4,6-7,11H,5,8-10,16H2,1H3. The molecule has 0 unspecified atom stereocenters. The average molecular weight is 257 g/mol. The first-order valence-electron chi connectivity index (χ1n) is 6.49. The van der Waals surface area contributed by atoms with Gasteiger partial charge in [-0.3, -0.25) is 0 Å². The topological polar surface area (TPSA) is 61.0 Å². The minimum atomic E-state index is 0.433. The predicted octanol–water partition coefficient (Wildman–Crippen LogP) is 2.26. The van der Waals surface area contributed by atoms with Crippen molar-refractivity contribution < 1.29 is 4.74 Å². The Morgan fingerprint density at radius 1 is 1.21 bits per heavy atom. The maximum absolute atomic E-state index is 5.57. The van der Waals surface area contributed by atoms with Crippen LogP contribution in [0.25, 0.3) is 0 Å². The Morgan fingerprint density at radius 2 is 2.00 bits per heavy atom. The van der Waals surface area contributed by atoms with Crippen molar-refractivity contribution in [1.29, 1.82) is 0 Å². The first-order chi connectivity index (χ1) is 9.29. The second-order valence-electron chi connectivity index (χ2n) is 4.40. The lowest BCUT2D eigenvalue weighted by molar-refractivity contribution is 0.285. The molecule has 0 bridgehead atoms. The van der Waals surface area contributed by atoms with Crippen LogP contribution in [-0.4, -0.2) is 16.6 Å². The van der Waals surface area contributed by atoms with E-state index in [2.05, 4.69) is 22.1 Å². The molecule has 4 nitrogen and oxygen atoms in total. The van der Waals surface area contributed by atoms with Gasteiger partial charge in [-0.25, -0.2) is 9.97 Å². The summed E-state index contributed by atoms with van der Waals surface area (Å²) in [5, 5.41) is 0. The van der Waals surface area contributed by atoms with E-state index in [1.165, 1.54) is 5.56 Å². The number of rotatable bonds is 6. The molecule has 4 heteroatoms. The molecule has 19 heavy (non-hydrogen) atoms. The molecule has 1 aromatic carbocycles. The highest BCUT2D eigenvalue weighted by molar-refractivity contribution is 5.17. The Balaban J connectivity index is 1.78. The van der Waals surface area contributed by atoms with Crippen LogP contribution in [0.3, 0.4) is 0 Å². The molecule has 1 aromatic heterocycles. The minimum Gasteiger partial charge on any atom is -0.463 e. The summed E-state index contributed by atoms with van der Waals surface area (Å²) in [6.45, 7) is 3.00. The van der Waals surface area contributed by atoms with Gasteiger partial charge in [0.2, 0.25) is 0 Å². The summed E-state index contributed by atoms with van der Waals surface area (Å²) in [4.78, 5) is 8.42. The molecule has 100 valence electrons. The van der Waals surface area contributed by atoms with Gasteiger partial charge in [0.25, 0.3) is 0 Å². The van der Waals surface area contributed by atoms with Crippen LogP contribution in [-0.2, 0) is 13.0 Å². The zero-order valence-electron chi connectivity index (χ0n) is 11.2. The van der Waals surface area contributed by atoms with Crippen LogP contribution in [0.15, 0.2) is 36.5 Å². The number of hydrogen-bond acceptors (Lipinski definition) is 4. The summed E-state index contributed by atoms with van der Waals surface area (Å²) in [6, 6.07) is 10.8. The van der Waals surface area contributed by atoms with Crippen LogP contribution in [0.5, 0.6) is 6.01 Å². The van der Waals surface area contributed by atoms with Gasteiger partial charge in [-0.15, -0.1) is 0 Å². The van der Waals surface area contributed by atoms with E-state index in [1.54, 1.807) is 6.20 Å². The zero-order chi connectivity index (χ0) is 13.5. The van der Waals surface area contributed by atoms with Gasteiger partial charge in [-0.2, -0.15) is 0 Å². The monoisotopic (exact) mass is 257 g/mol. The van der Waals surface area contributed by atoms with Gasteiger partial charge in [0, 0.05) is 24.0 Å². The largest absolute Gasteiger partial charge is 0.463 e. The Bertz CT molecular complexity index is 514. The fraction of sp³-hybridized carbons (Fsp3) is 0.333. The van der Waals surface area contributed by atoms with Crippen molar-refractivity contribution in [2.75, 3.05) is 6.61 Å². The molecule has 0 atom stereocenters. The molecule has 0 saturated carbocycles. The summed E-state index contributed by atoms with van der Waals surface area (Å²) in [5.74, 6) is 0. The lowest BCUT2D eigenvalue weighted by Gasteiger charge is -2.07. The van der Waals surface area contributed by atoms with Crippen LogP contribution < -0.4 is 10.5 Å². The Morgan fingerprint density at radius 3 is 2.68 bits per heavy atom. The van der Waals surface area contributed by atoms with E-state index in [4.69, 9.17) is 10.5 Å². The smallest absolute Gasteiger partial charge is 0.316 e. The van der Waals surface area contributed by atoms with E-state index in [9.17, 15) is 0 Å². The fourth-order valence-electron chi connectivity index (χ4n) is 1.83. The molecule has 0 aliphatic carbocycles. The predicted molar refractivity (Wildman–Crippen MR) is 74.9 cm³/mol. The second kappa shape index (κ2) is 6.85. The number of aromatic nitrogens is 2. The van der Waals surface area contributed by atoms with Gasteiger partial charge in [0.1, 0.15) is 0 Å². The highest BCUT2D eigenvalue weighted by atomic mass is 16.5. The highest BCUT2D eigenvalue weighted by Crippen LogP contribution is 2.09. The van der Waals surface area contributed by atoms with Crippen LogP contribution in [0.4, 0.5) is 0 Å². The van der Waals surface area contributed by atoms with Crippen LogP contribution in [0, 0.1) is 6.92 Å². The van der Waals surface area contributed by atoms with Crippen molar-refractivity contribution in [2.24, 2.45) is 5.73 Å². The zero-order valence-corrected chi connectivity index (χ0v) is 11.2. The number of aryl methyl sites for hydroxylation is 2. The van der Waals surface area contributed by atoms with Crippen molar-refractivity contribution >= 4 is 0 Å². The Kier molecular flexibility index (Phi) is 4.86. The lowest BCUT2D eigenvalue weighted by Crippen LogP contribution is -2.06. The molecule has 2 N–H and O–H groups in total. The molecule has 0 amide bonds. The molecular weight excluding hydrogens is 238 g/mol. The number of ether oxygens (including phenoxy) is 1. The van der Waals surface area contributed by atoms with Gasteiger partial charge in [-0.1, -0.05) is 30.3 Å². The van der Waals surface area contributed by atoms with E-state index in [1.807, 2.05) is 25.1 Å². The van der Waals surface area contributed by atoms with Crippen LogP contribution in [0.2, 0.25) is 0 Å². The van der Waals surface area contributed by atoms with Gasteiger partial charge >= 0.3 is 6.01 Å². The molecule has 0 saturated heterocycles. The molecule has 0 aliphatic heterocycles. The number of benzene rings is 1. The first-order valence-corrected chi connectivity index (χ1v) is 6.49. The third-order valence-corrected chi connectivity index (χ3v) is 2.96. The second-order valence-corrected chi connectivity index (χ2v) is 4.40. The van der Waals surface area contributed by atoms with Crippen molar-refractivity contribution in [3.63, 3.8) is 0 Å². The maximum Gasteiger partial charge on any atom is 0.316 e. The Hall–Kier alpha value is -1.94. The van der Waals surface area contributed by atoms with Crippen molar-refractivity contribution in [2.45, 2.75) is 26.3 Å². The number of nitrogens with zero attached hydrogens (tertiary/aromatic N) is 2. The maximum atomic E-state index is 5.57. The molecule has 0 aliphatic rings. The van der Waals surface area contributed by atoms with Crippen LogP contribution in [0.1, 0.15) is 23.2 Å².